The Morgan fingerprint density at radius 1 is 1.12 bits per heavy atom. The number of hydrogen-bond acceptors (Lipinski definition) is 3. The zero-order valence-corrected chi connectivity index (χ0v) is 11.9. The first-order valence-electron chi connectivity index (χ1n) is 6.01. The summed E-state index contributed by atoms with van der Waals surface area (Å²) in [7, 11) is -3.19. The van der Waals surface area contributed by atoms with Crippen molar-refractivity contribution in [2.75, 3.05) is 13.1 Å². The lowest BCUT2D eigenvalue weighted by Gasteiger charge is -2.19. The van der Waals surface area contributed by atoms with Crippen molar-refractivity contribution in [2.24, 2.45) is 5.92 Å². The lowest BCUT2D eigenvalue weighted by atomic mass is 10.1. The van der Waals surface area contributed by atoms with Gasteiger partial charge >= 0.3 is 0 Å². The molecule has 5 heteroatoms. The van der Waals surface area contributed by atoms with Gasteiger partial charge in [0.1, 0.15) is 0 Å². The third-order valence-electron chi connectivity index (χ3n) is 2.40. The SMILES string of the molecule is CCNCC(C)S(=O)(=O)NC(C)CC(C)C. The fourth-order valence-electron chi connectivity index (χ4n) is 1.61. The van der Waals surface area contributed by atoms with Crippen molar-refractivity contribution >= 4 is 10.0 Å². The molecule has 0 aromatic heterocycles. The number of nitrogens with one attached hydrogen (secondary N) is 2. The molecule has 2 unspecified atom stereocenters. The van der Waals surface area contributed by atoms with Crippen molar-refractivity contribution in [3.05, 3.63) is 0 Å². The van der Waals surface area contributed by atoms with E-state index >= 15 is 0 Å². The van der Waals surface area contributed by atoms with Crippen LogP contribution >= 0.6 is 0 Å². The molecule has 0 aromatic carbocycles. The third kappa shape index (κ3) is 6.45. The van der Waals surface area contributed by atoms with Gasteiger partial charge in [-0.15, -0.1) is 0 Å². The van der Waals surface area contributed by atoms with E-state index in [0.717, 1.165) is 13.0 Å². The minimum absolute atomic E-state index is 0.00840. The van der Waals surface area contributed by atoms with Crippen LogP contribution in [0, 0.1) is 5.92 Å². The second-order valence-corrected chi connectivity index (χ2v) is 6.94. The van der Waals surface area contributed by atoms with Crippen LogP contribution in [0.15, 0.2) is 0 Å². The summed E-state index contributed by atoms with van der Waals surface area (Å²) < 4.78 is 26.5. The molecule has 16 heavy (non-hydrogen) atoms. The summed E-state index contributed by atoms with van der Waals surface area (Å²) in [6.45, 7) is 11.1. The first kappa shape index (κ1) is 15.9. The van der Waals surface area contributed by atoms with Gasteiger partial charge in [0.25, 0.3) is 0 Å². The minimum atomic E-state index is -3.19. The van der Waals surface area contributed by atoms with Gasteiger partial charge in [-0.3, -0.25) is 0 Å². The maximum Gasteiger partial charge on any atom is 0.215 e. The Kier molecular flexibility index (Phi) is 7.19. The Balaban J connectivity index is 4.22. The smallest absolute Gasteiger partial charge is 0.215 e. The number of rotatable bonds is 8. The topological polar surface area (TPSA) is 58.2 Å². The highest BCUT2D eigenvalue weighted by atomic mass is 32.2. The van der Waals surface area contributed by atoms with Gasteiger partial charge in [0.05, 0.1) is 5.25 Å². The second kappa shape index (κ2) is 7.25. The molecule has 0 radical (unpaired) electrons. The van der Waals surface area contributed by atoms with Crippen LogP contribution in [-0.4, -0.2) is 32.8 Å². The van der Waals surface area contributed by atoms with Crippen molar-refractivity contribution in [1.82, 2.24) is 10.0 Å². The Bertz CT molecular complexity index is 276. The molecule has 0 heterocycles. The average molecular weight is 250 g/mol. The van der Waals surface area contributed by atoms with Gasteiger partial charge < -0.3 is 5.32 Å². The van der Waals surface area contributed by atoms with Crippen molar-refractivity contribution in [3.63, 3.8) is 0 Å². The highest BCUT2D eigenvalue weighted by molar-refractivity contribution is 7.90. The fourth-order valence-corrected chi connectivity index (χ4v) is 2.84. The van der Waals surface area contributed by atoms with Gasteiger partial charge in [0.15, 0.2) is 0 Å². The Hall–Kier alpha value is -0.130. The monoisotopic (exact) mass is 250 g/mol. The third-order valence-corrected chi connectivity index (χ3v) is 4.36. The molecular weight excluding hydrogens is 224 g/mol. The molecule has 0 aliphatic rings. The lowest BCUT2D eigenvalue weighted by Crippen LogP contribution is -2.43. The minimum Gasteiger partial charge on any atom is -0.316 e. The largest absolute Gasteiger partial charge is 0.316 e. The molecule has 98 valence electrons. The summed E-state index contributed by atoms with van der Waals surface area (Å²) in [5.74, 6) is 0.502. The quantitative estimate of drug-likeness (QED) is 0.683. The molecule has 0 rings (SSSR count). The number of hydrogen-bond donors (Lipinski definition) is 2. The predicted molar refractivity (Wildman–Crippen MR) is 69.0 cm³/mol. The molecule has 0 saturated carbocycles. The highest BCUT2D eigenvalue weighted by Gasteiger charge is 2.22. The summed E-state index contributed by atoms with van der Waals surface area (Å²) in [6.07, 6.45) is 0.868. The van der Waals surface area contributed by atoms with E-state index < -0.39 is 10.0 Å². The van der Waals surface area contributed by atoms with Gasteiger partial charge in [-0.1, -0.05) is 20.8 Å². The highest BCUT2D eigenvalue weighted by Crippen LogP contribution is 2.07. The van der Waals surface area contributed by atoms with E-state index in [1.54, 1.807) is 6.92 Å². The lowest BCUT2D eigenvalue weighted by molar-refractivity contribution is 0.477. The van der Waals surface area contributed by atoms with Crippen molar-refractivity contribution < 1.29 is 8.42 Å². The average Bonchev–Trinajstić information content (AvgIpc) is 2.11. The maximum absolute atomic E-state index is 11.9. The molecule has 0 spiro atoms. The maximum atomic E-state index is 11.9. The molecule has 0 aliphatic heterocycles. The summed E-state index contributed by atoms with van der Waals surface area (Å²) >= 11 is 0. The molecule has 0 amide bonds. The molecule has 0 aliphatic carbocycles. The Morgan fingerprint density at radius 2 is 1.69 bits per heavy atom. The van der Waals surface area contributed by atoms with Crippen molar-refractivity contribution in [2.45, 2.75) is 52.3 Å². The van der Waals surface area contributed by atoms with Crippen LogP contribution in [-0.2, 0) is 10.0 Å². The molecular formula is C11H26N2O2S. The Morgan fingerprint density at radius 3 is 2.12 bits per heavy atom. The van der Waals surface area contributed by atoms with Crippen molar-refractivity contribution in [3.8, 4) is 0 Å². The standard InChI is InChI=1S/C11H26N2O2S/c1-6-12-8-11(5)16(14,15)13-10(4)7-9(2)3/h9-13H,6-8H2,1-5H3. The van der Waals surface area contributed by atoms with E-state index in [9.17, 15) is 8.42 Å². The fraction of sp³-hybridized carbons (Fsp3) is 1.00. The molecule has 0 bridgehead atoms. The van der Waals surface area contributed by atoms with Gasteiger partial charge in [-0.2, -0.15) is 0 Å². The van der Waals surface area contributed by atoms with Crippen LogP contribution in [0.4, 0.5) is 0 Å². The van der Waals surface area contributed by atoms with E-state index in [2.05, 4.69) is 23.9 Å². The van der Waals surface area contributed by atoms with Gasteiger partial charge in [0.2, 0.25) is 10.0 Å². The predicted octanol–water partition coefficient (Wildman–Crippen LogP) is 1.34. The van der Waals surface area contributed by atoms with Crippen LogP contribution < -0.4 is 10.0 Å². The van der Waals surface area contributed by atoms with E-state index in [1.807, 2.05) is 13.8 Å². The summed E-state index contributed by atoms with van der Waals surface area (Å²) in [5, 5.41) is 2.66. The van der Waals surface area contributed by atoms with Crippen LogP contribution in [0.2, 0.25) is 0 Å². The van der Waals surface area contributed by atoms with Crippen LogP contribution in [0.3, 0.4) is 0 Å². The Labute approximate surface area is 100 Å². The number of sulfonamides is 1. The van der Waals surface area contributed by atoms with E-state index in [0.29, 0.717) is 12.5 Å². The normalized spacial score (nSPS) is 16.4. The first-order valence-corrected chi connectivity index (χ1v) is 7.56. The molecule has 0 aromatic rings. The molecule has 0 fully saturated rings. The van der Waals surface area contributed by atoms with E-state index in [1.165, 1.54) is 0 Å². The van der Waals surface area contributed by atoms with Gasteiger partial charge in [-0.25, -0.2) is 13.1 Å². The van der Waals surface area contributed by atoms with Crippen LogP contribution in [0.25, 0.3) is 0 Å². The van der Waals surface area contributed by atoms with E-state index in [4.69, 9.17) is 0 Å². The molecule has 0 saturated heterocycles. The molecule has 4 nitrogen and oxygen atoms in total. The summed E-state index contributed by atoms with van der Waals surface area (Å²) in [5.41, 5.74) is 0. The van der Waals surface area contributed by atoms with Gasteiger partial charge in [0, 0.05) is 12.6 Å². The van der Waals surface area contributed by atoms with E-state index in [-0.39, 0.29) is 11.3 Å². The zero-order valence-electron chi connectivity index (χ0n) is 11.1. The summed E-state index contributed by atoms with van der Waals surface area (Å²) in [4.78, 5) is 0. The van der Waals surface area contributed by atoms with Crippen LogP contribution in [0.5, 0.6) is 0 Å². The first-order chi connectivity index (χ1) is 7.29. The molecule has 2 N–H and O–H groups in total. The van der Waals surface area contributed by atoms with Crippen molar-refractivity contribution in [1.29, 1.82) is 0 Å². The zero-order chi connectivity index (χ0) is 12.8. The van der Waals surface area contributed by atoms with Crippen LogP contribution in [0.1, 0.15) is 41.0 Å². The second-order valence-electron chi connectivity index (χ2n) is 4.81. The molecule has 2 atom stereocenters. The summed E-state index contributed by atoms with van der Waals surface area (Å²) in [6, 6.07) is 0.00840. The van der Waals surface area contributed by atoms with Gasteiger partial charge in [-0.05, 0) is 32.7 Å².